The highest BCUT2D eigenvalue weighted by Crippen LogP contribution is 2.22. The van der Waals surface area contributed by atoms with Crippen LogP contribution in [0.25, 0.3) is 0 Å². The van der Waals surface area contributed by atoms with Crippen molar-refractivity contribution in [1.29, 1.82) is 0 Å². The smallest absolute Gasteiger partial charge is 0.123 e. The van der Waals surface area contributed by atoms with E-state index in [0.717, 1.165) is 23.0 Å². The molecule has 1 nitrogen and oxygen atoms in total. The SMILES string of the molecule is CNCC(Cc1ccc(Br)cc1)c1cccc(F)c1. The molecular formula is C16H17BrFN. The lowest BCUT2D eigenvalue weighted by Crippen LogP contribution is -2.19. The summed E-state index contributed by atoms with van der Waals surface area (Å²) in [4.78, 5) is 0. The summed E-state index contributed by atoms with van der Waals surface area (Å²) in [7, 11) is 1.92. The van der Waals surface area contributed by atoms with Crippen molar-refractivity contribution < 1.29 is 4.39 Å². The Balaban J connectivity index is 2.18. The number of rotatable bonds is 5. The molecule has 2 aromatic carbocycles. The van der Waals surface area contributed by atoms with Gasteiger partial charge < -0.3 is 5.32 Å². The first-order valence-corrected chi connectivity index (χ1v) is 7.13. The summed E-state index contributed by atoms with van der Waals surface area (Å²) in [5.41, 5.74) is 2.30. The second-order valence-corrected chi connectivity index (χ2v) is 5.56. The van der Waals surface area contributed by atoms with Crippen LogP contribution in [0.5, 0.6) is 0 Å². The molecule has 0 fully saturated rings. The van der Waals surface area contributed by atoms with Crippen LogP contribution in [0.4, 0.5) is 4.39 Å². The first-order chi connectivity index (χ1) is 9.19. The number of hydrogen-bond acceptors (Lipinski definition) is 1. The topological polar surface area (TPSA) is 12.0 Å². The monoisotopic (exact) mass is 321 g/mol. The van der Waals surface area contributed by atoms with Gasteiger partial charge in [0.05, 0.1) is 0 Å². The molecule has 1 unspecified atom stereocenters. The zero-order chi connectivity index (χ0) is 13.7. The fraction of sp³-hybridized carbons (Fsp3) is 0.250. The van der Waals surface area contributed by atoms with Gasteiger partial charge in [0.2, 0.25) is 0 Å². The van der Waals surface area contributed by atoms with Crippen molar-refractivity contribution in [1.82, 2.24) is 5.32 Å². The van der Waals surface area contributed by atoms with Crippen molar-refractivity contribution in [3.8, 4) is 0 Å². The van der Waals surface area contributed by atoms with Crippen LogP contribution in [0.15, 0.2) is 53.0 Å². The van der Waals surface area contributed by atoms with Crippen LogP contribution in [-0.4, -0.2) is 13.6 Å². The maximum absolute atomic E-state index is 13.3. The van der Waals surface area contributed by atoms with E-state index >= 15 is 0 Å². The van der Waals surface area contributed by atoms with Crippen molar-refractivity contribution in [3.63, 3.8) is 0 Å². The third-order valence-electron chi connectivity index (χ3n) is 3.17. The van der Waals surface area contributed by atoms with Gasteiger partial charge in [-0.3, -0.25) is 0 Å². The minimum Gasteiger partial charge on any atom is -0.319 e. The van der Waals surface area contributed by atoms with Crippen molar-refractivity contribution in [2.45, 2.75) is 12.3 Å². The summed E-state index contributed by atoms with van der Waals surface area (Å²) >= 11 is 3.43. The Kier molecular flexibility index (Phi) is 5.11. The van der Waals surface area contributed by atoms with Crippen molar-refractivity contribution >= 4 is 15.9 Å². The van der Waals surface area contributed by atoms with E-state index < -0.39 is 0 Å². The van der Waals surface area contributed by atoms with Crippen LogP contribution in [0.1, 0.15) is 17.0 Å². The molecule has 0 amide bonds. The van der Waals surface area contributed by atoms with Gasteiger partial charge in [0.1, 0.15) is 5.82 Å². The zero-order valence-electron chi connectivity index (χ0n) is 10.9. The summed E-state index contributed by atoms with van der Waals surface area (Å²) in [6.07, 6.45) is 0.900. The largest absolute Gasteiger partial charge is 0.319 e. The Morgan fingerprint density at radius 3 is 2.53 bits per heavy atom. The van der Waals surface area contributed by atoms with E-state index in [0.29, 0.717) is 0 Å². The van der Waals surface area contributed by atoms with Gasteiger partial charge in [-0.15, -0.1) is 0 Å². The van der Waals surface area contributed by atoms with Gasteiger partial charge in [-0.2, -0.15) is 0 Å². The fourth-order valence-corrected chi connectivity index (χ4v) is 2.48. The van der Waals surface area contributed by atoms with Gasteiger partial charge >= 0.3 is 0 Å². The maximum Gasteiger partial charge on any atom is 0.123 e. The fourth-order valence-electron chi connectivity index (χ4n) is 2.22. The predicted molar refractivity (Wildman–Crippen MR) is 80.9 cm³/mol. The molecule has 0 radical (unpaired) electrons. The summed E-state index contributed by atoms with van der Waals surface area (Å²) in [5.74, 6) is 0.108. The molecule has 0 aliphatic carbocycles. The average molecular weight is 322 g/mol. The highest BCUT2D eigenvalue weighted by atomic mass is 79.9. The Morgan fingerprint density at radius 1 is 1.16 bits per heavy atom. The Hall–Kier alpha value is -1.19. The highest BCUT2D eigenvalue weighted by Gasteiger charge is 2.12. The normalized spacial score (nSPS) is 12.4. The van der Waals surface area contributed by atoms with E-state index in [1.54, 1.807) is 12.1 Å². The lowest BCUT2D eigenvalue weighted by molar-refractivity contribution is 0.600. The Labute approximate surface area is 122 Å². The number of hydrogen-bond donors (Lipinski definition) is 1. The molecule has 0 aliphatic heterocycles. The third-order valence-corrected chi connectivity index (χ3v) is 3.69. The molecule has 1 N–H and O–H groups in total. The van der Waals surface area contributed by atoms with Crippen LogP contribution < -0.4 is 5.32 Å². The van der Waals surface area contributed by atoms with E-state index in [1.807, 2.05) is 25.2 Å². The van der Waals surface area contributed by atoms with Crippen molar-refractivity contribution in [2.24, 2.45) is 0 Å². The van der Waals surface area contributed by atoms with Gasteiger partial charge in [-0.25, -0.2) is 4.39 Å². The lowest BCUT2D eigenvalue weighted by Gasteiger charge is -2.17. The molecule has 100 valence electrons. The van der Waals surface area contributed by atoms with Crippen LogP contribution in [0.3, 0.4) is 0 Å². The number of benzene rings is 2. The molecule has 2 rings (SSSR count). The molecule has 0 heterocycles. The minimum atomic E-state index is -0.172. The van der Waals surface area contributed by atoms with Gasteiger partial charge in [-0.05, 0) is 48.9 Å². The zero-order valence-corrected chi connectivity index (χ0v) is 12.5. The third kappa shape index (κ3) is 4.15. The summed E-state index contributed by atoms with van der Waals surface area (Å²) < 4.78 is 14.4. The molecule has 0 spiro atoms. The molecular weight excluding hydrogens is 305 g/mol. The average Bonchev–Trinajstić information content (AvgIpc) is 2.41. The molecule has 2 aromatic rings. The molecule has 3 heteroatoms. The first-order valence-electron chi connectivity index (χ1n) is 6.33. The molecule has 19 heavy (non-hydrogen) atoms. The van der Waals surface area contributed by atoms with Crippen molar-refractivity contribution in [3.05, 3.63) is 69.9 Å². The van der Waals surface area contributed by atoms with Crippen LogP contribution in [-0.2, 0) is 6.42 Å². The van der Waals surface area contributed by atoms with Crippen LogP contribution in [0.2, 0.25) is 0 Å². The first kappa shape index (κ1) is 14.2. The van der Waals surface area contributed by atoms with E-state index in [2.05, 4.69) is 33.4 Å². The second-order valence-electron chi connectivity index (χ2n) is 4.64. The van der Waals surface area contributed by atoms with Gasteiger partial charge in [0, 0.05) is 16.9 Å². The molecule has 0 saturated carbocycles. The summed E-state index contributed by atoms with van der Waals surface area (Å²) in [6.45, 7) is 0.833. The predicted octanol–water partition coefficient (Wildman–Crippen LogP) is 4.13. The van der Waals surface area contributed by atoms with E-state index in [1.165, 1.54) is 11.6 Å². The molecule has 0 saturated heterocycles. The standard InChI is InChI=1S/C16H17BrFN/c1-19-11-14(13-3-2-4-16(18)10-13)9-12-5-7-15(17)8-6-12/h2-8,10,14,19H,9,11H2,1H3. The second kappa shape index (κ2) is 6.83. The molecule has 0 aromatic heterocycles. The van der Waals surface area contributed by atoms with Gasteiger partial charge in [0.15, 0.2) is 0 Å². The number of nitrogens with one attached hydrogen (secondary N) is 1. The van der Waals surface area contributed by atoms with E-state index in [9.17, 15) is 4.39 Å². The maximum atomic E-state index is 13.3. The number of likely N-dealkylation sites (N-methyl/N-ethyl adjacent to an activating group) is 1. The molecule has 1 atom stereocenters. The molecule has 0 bridgehead atoms. The van der Waals surface area contributed by atoms with Crippen LogP contribution in [0, 0.1) is 5.82 Å². The van der Waals surface area contributed by atoms with Gasteiger partial charge in [-0.1, -0.05) is 40.2 Å². The molecule has 0 aliphatic rings. The quantitative estimate of drug-likeness (QED) is 0.873. The Morgan fingerprint density at radius 2 is 1.89 bits per heavy atom. The summed E-state index contributed by atoms with van der Waals surface area (Å²) in [6, 6.07) is 15.2. The Bertz CT molecular complexity index is 525. The van der Waals surface area contributed by atoms with E-state index in [-0.39, 0.29) is 11.7 Å². The summed E-state index contributed by atoms with van der Waals surface area (Å²) in [5, 5.41) is 3.19. The minimum absolute atomic E-state index is 0.172. The van der Waals surface area contributed by atoms with Crippen molar-refractivity contribution in [2.75, 3.05) is 13.6 Å². The van der Waals surface area contributed by atoms with Crippen LogP contribution >= 0.6 is 15.9 Å². The number of halogens is 2. The van der Waals surface area contributed by atoms with E-state index in [4.69, 9.17) is 0 Å². The lowest BCUT2D eigenvalue weighted by atomic mass is 9.92. The highest BCUT2D eigenvalue weighted by molar-refractivity contribution is 9.10. The van der Waals surface area contributed by atoms with Gasteiger partial charge in [0.25, 0.3) is 0 Å².